The number of carbonyl (C=O) groups is 1. The number of nitrogens with one attached hydrogen (secondary N) is 1. The maximum absolute atomic E-state index is 11.8. The van der Waals surface area contributed by atoms with Gasteiger partial charge in [0.15, 0.2) is 6.61 Å². The third kappa shape index (κ3) is 5.30. The van der Waals surface area contributed by atoms with Crippen molar-refractivity contribution in [2.45, 2.75) is 33.4 Å². The molecule has 0 bridgehead atoms. The predicted octanol–water partition coefficient (Wildman–Crippen LogP) is 2.04. The van der Waals surface area contributed by atoms with Crippen molar-refractivity contribution in [3.8, 4) is 5.75 Å². The van der Waals surface area contributed by atoms with Crippen LogP contribution in [-0.2, 0) is 11.3 Å². The highest BCUT2D eigenvalue weighted by molar-refractivity contribution is 5.77. The van der Waals surface area contributed by atoms with Crippen molar-refractivity contribution in [2.75, 3.05) is 20.2 Å². The Balaban J connectivity index is 2.43. The van der Waals surface area contributed by atoms with Gasteiger partial charge in [-0.2, -0.15) is 0 Å². The van der Waals surface area contributed by atoms with Gasteiger partial charge in [0.1, 0.15) is 5.75 Å². The number of likely N-dealkylation sites (N-methyl/N-ethyl adjacent to an activating group) is 1. The minimum atomic E-state index is -0.00766. The molecule has 0 radical (unpaired) electrons. The van der Waals surface area contributed by atoms with Crippen molar-refractivity contribution in [1.82, 2.24) is 10.2 Å². The van der Waals surface area contributed by atoms with Gasteiger partial charge < -0.3 is 15.0 Å². The summed E-state index contributed by atoms with van der Waals surface area (Å²) in [7, 11) is 1.79. The van der Waals surface area contributed by atoms with Gasteiger partial charge in [-0.3, -0.25) is 4.79 Å². The van der Waals surface area contributed by atoms with Gasteiger partial charge >= 0.3 is 0 Å². The zero-order chi connectivity index (χ0) is 14.3. The fourth-order valence-electron chi connectivity index (χ4n) is 1.51. The predicted molar refractivity (Wildman–Crippen MR) is 77.2 cm³/mol. The largest absolute Gasteiger partial charge is 0.484 e. The molecule has 1 aromatic carbocycles. The van der Waals surface area contributed by atoms with E-state index in [2.05, 4.69) is 12.2 Å². The van der Waals surface area contributed by atoms with Crippen LogP contribution < -0.4 is 10.1 Å². The van der Waals surface area contributed by atoms with Crippen molar-refractivity contribution >= 4 is 5.91 Å². The number of carbonyl (C=O) groups excluding carboxylic acids is 1. The molecule has 1 rings (SSSR count). The molecule has 19 heavy (non-hydrogen) atoms. The standard InChI is InChI=1S/C15H24N2O2/c1-5-16-10-13-6-8-14(9-7-13)19-11-15(18)17(4)12(2)3/h6-9,12,16H,5,10-11H2,1-4H3. The molecule has 0 atom stereocenters. The second-order valence-electron chi connectivity index (χ2n) is 4.81. The van der Waals surface area contributed by atoms with Crippen LogP contribution in [0.5, 0.6) is 5.75 Å². The lowest BCUT2D eigenvalue weighted by atomic mass is 10.2. The molecule has 0 fully saturated rings. The van der Waals surface area contributed by atoms with Crippen molar-refractivity contribution in [3.05, 3.63) is 29.8 Å². The Hall–Kier alpha value is -1.55. The van der Waals surface area contributed by atoms with Crippen LogP contribution in [0, 0.1) is 0 Å². The van der Waals surface area contributed by atoms with Gasteiger partial charge in [-0.05, 0) is 38.1 Å². The molecule has 1 N–H and O–H groups in total. The lowest BCUT2D eigenvalue weighted by Crippen LogP contribution is -2.36. The average Bonchev–Trinajstić information content (AvgIpc) is 2.42. The van der Waals surface area contributed by atoms with Gasteiger partial charge in [0.2, 0.25) is 0 Å². The molecule has 0 aromatic heterocycles. The van der Waals surface area contributed by atoms with Crippen LogP contribution in [0.4, 0.5) is 0 Å². The van der Waals surface area contributed by atoms with Crippen LogP contribution >= 0.6 is 0 Å². The molecule has 0 saturated heterocycles. The third-order valence-corrected chi connectivity index (χ3v) is 3.03. The van der Waals surface area contributed by atoms with Gasteiger partial charge in [0.05, 0.1) is 0 Å². The topological polar surface area (TPSA) is 41.6 Å². The van der Waals surface area contributed by atoms with Gasteiger partial charge in [0, 0.05) is 19.6 Å². The molecule has 0 saturated carbocycles. The van der Waals surface area contributed by atoms with E-state index in [1.165, 1.54) is 5.56 Å². The number of amides is 1. The third-order valence-electron chi connectivity index (χ3n) is 3.03. The Morgan fingerprint density at radius 2 is 1.95 bits per heavy atom. The lowest BCUT2D eigenvalue weighted by Gasteiger charge is -2.21. The van der Waals surface area contributed by atoms with E-state index in [0.717, 1.165) is 18.8 Å². The van der Waals surface area contributed by atoms with E-state index in [9.17, 15) is 4.79 Å². The fourth-order valence-corrected chi connectivity index (χ4v) is 1.51. The Morgan fingerprint density at radius 3 is 2.47 bits per heavy atom. The van der Waals surface area contributed by atoms with Gasteiger partial charge in [-0.1, -0.05) is 19.1 Å². The second-order valence-corrected chi connectivity index (χ2v) is 4.81. The fraction of sp³-hybridized carbons (Fsp3) is 0.533. The summed E-state index contributed by atoms with van der Waals surface area (Å²) >= 11 is 0. The van der Waals surface area contributed by atoms with Crippen LogP contribution in [0.1, 0.15) is 26.3 Å². The van der Waals surface area contributed by atoms with Crippen molar-refractivity contribution in [1.29, 1.82) is 0 Å². The first-order valence-corrected chi connectivity index (χ1v) is 6.72. The van der Waals surface area contributed by atoms with E-state index in [-0.39, 0.29) is 18.6 Å². The van der Waals surface area contributed by atoms with Crippen LogP contribution in [0.25, 0.3) is 0 Å². The molecule has 4 heteroatoms. The first kappa shape index (κ1) is 15.5. The Morgan fingerprint density at radius 1 is 1.32 bits per heavy atom. The summed E-state index contributed by atoms with van der Waals surface area (Å²) in [4.78, 5) is 13.4. The Kier molecular flexibility index (Phi) is 6.36. The first-order chi connectivity index (χ1) is 9.04. The summed E-state index contributed by atoms with van der Waals surface area (Å²) in [5, 5.41) is 3.26. The van der Waals surface area contributed by atoms with E-state index >= 15 is 0 Å². The second kappa shape index (κ2) is 7.79. The monoisotopic (exact) mass is 264 g/mol. The van der Waals surface area contributed by atoms with Crippen LogP contribution in [0.3, 0.4) is 0 Å². The zero-order valence-corrected chi connectivity index (χ0v) is 12.3. The molecule has 0 aliphatic carbocycles. The summed E-state index contributed by atoms with van der Waals surface area (Å²) in [6.07, 6.45) is 0. The average molecular weight is 264 g/mol. The smallest absolute Gasteiger partial charge is 0.260 e. The quantitative estimate of drug-likeness (QED) is 0.819. The van der Waals surface area contributed by atoms with Gasteiger partial charge in [0.25, 0.3) is 5.91 Å². The molecule has 106 valence electrons. The SMILES string of the molecule is CCNCc1ccc(OCC(=O)N(C)C(C)C)cc1. The molecule has 0 aliphatic heterocycles. The van der Waals surface area contributed by atoms with Gasteiger partial charge in [-0.25, -0.2) is 0 Å². The molecule has 0 heterocycles. The number of nitrogens with zero attached hydrogens (tertiary/aromatic N) is 1. The molecule has 1 amide bonds. The number of hydrogen-bond acceptors (Lipinski definition) is 3. The number of benzene rings is 1. The number of rotatable bonds is 7. The molecule has 4 nitrogen and oxygen atoms in total. The van der Waals surface area contributed by atoms with E-state index in [4.69, 9.17) is 4.74 Å². The van der Waals surface area contributed by atoms with E-state index in [1.54, 1.807) is 11.9 Å². The maximum atomic E-state index is 11.8. The molecule has 1 aromatic rings. The van der Waals surface area contributed by atoms with E-state index in [0.29, 0.717) is 0 Å². The van der Waals surface area contributed by atoms with Crippen molar-refractivity contribution in [2.24, 2.45) is 0 Å². The van der Waals surface area contributed by atoms with E-state index < -0.39 is 0 Å². The number of hydrogen-bond donors (Lipinski definition) is 1. The minimum absolute atomic E-state index is 0.00766. The van der Waals surface area contributed by atoms with Crippen LogP contribution in [0.2, 0.25) is 0 Å². The summed E-state index contributed by atoms with van der Waals surface area (Å²) in [5.74, 6) is 0.720. The summed E-state index contributed by atoms with van der Waals surface area (Å²) in [6.45, 7) is 7.93. The lowest BCUT2D eigenvalue weighted by molar-refractivity contribution is -0.133. The summed E-state index contributed by atoms with van der Waals surface area (Å²) in [6, 6.07) is 8.01. The molecular weight excluding hydrogens is 240 g/mol. The molecule has 0 unspecified atom stereocenters. The van der Waals surface area contributed by atoms with E-state index in [1.807, 2.05) is 38.1 Å². The zero-order valence-electron chi connectivity index (χ0n) is 12.3. The highest BCUT2D eigenvalue weighted by Crippen LogP contribution is 2.12. The van der Waals surface area contributed by atoms with Crippen LogP contribution in [-0.4, -0.2) is 37.0 Å². The first-order valence-electron chi connectivity index (χ1n) is 6.72. The number of ether oxygens (including phenoxy) is 1. The van der Waals surface area contributed by atoms with Crippen molar-refractivity contribution < 1.29 is 9.53 Å². The van der Waals surface area contributed by atoms with Crippen molar-refractivity contribution in [3.63, 3.8) is 0 Å². The maximum Gasteiger partial charge on any atom is 0.260 e. The molecule has 0 spiro atoms. The Labute approximate surface area is 115 Å². The molecular formula is C15H24N2O2. The minimum Gasteiger partial charge on any atom is -0.484 e. The summed E-state index contributed by atoms with van der Waals surface area (Å²) < 4.78 is 5.49. The Bertz CT molecular complexity index is 388. The highest BCUT2D eigenvalue weighted by Gasteiger charge is 2.12. The van der Waals surface area contributed by atoms with Gasteiger partial charge in [-0.15, -0.1) is 0 Å². The highest BCUT2D eigenvalue weighted by atomic mass is 16.5. The normalized spacial score (nSPS) is 10.6. The summed E-state index contributed by atoms with van der Waals surface area (Å²) in [5.41, 5.74) is 1.21. The molecule has 0 aliphatic rings. The van der Waals surface area contributed by atoms with Crippen LogP contribution in [0.15, 0.2) is 24.3 Å².